The molecule has 4 N–H and O–H groups in total. The highest BCUT2D eigenvalue weighted by Crippen LogP contribution is 2.30. The van der Waals surface area contributed by atoms with E-state index in [0.29, 0.717) is 18.8 Å². The normalized spacial score (nSPS) is 13.1. The Bertz CT molecular complexity index is 994. The summed E-state index contributed by atoms with van der Waals surface area (Å²) in [7, 11) is 3.98. The van der Waals surface area contributed by atoms with Gasteiger partial charge in [0.15, 0.2) is 0 Å². The quantitative estimate of drug-likeness (QED) is 0.310. The number of hydrogen-bond donors (Lipinski definition) is 4. The molecule has 2 atom stereocenters. The third kappa shape index (κ3) is 14.0. The molecule has 11 heteroatoms. The summed E-state index contributed by atoms with van der Waals surface area (Å²) in [4.78, 5) is 21.2. The van der Waals surface area contributed by atoms with E-state index >= 15 is 0 Å². The van der Waals surface area contributed by atoms with E-state index in [1.54, 1.807) is 0 Å². The summed E-state index contributed by atoms with van der Waals surface area (Å²) in [5, 5.41) is 29.0. The van der Waals surface area contributed by atoms with Crippen molar-refractivity contribution in [3.8, 4) is 5.75 Å². The predicted octanol–water partition coefficient (Wildman–Crippen LogP) is 3.61. The number of nitrogens with one attached hydrogen (secondary N) is 1. The Morgan fingerprint density at radius 2 is 1.65 bits per heavy atom. The maximum absolute atomic E-state index is 12.8. The van der Waals surface area contributed by atoms with Crippen LogP contribution >= 0.6 is 0 Å². The highest BCUT2D eigenvalue weighted by molar-refractivity contribution is 5.89. The molecule has 0 aliphatic heterocycles. The molecule has 2 unspecified atom stereocenters. The predicted molar refractivity (Wildman–Crippen MR) is 132 cm³/mol. The van der Waals surface area contributed by atoms with E-state index in [9.17, 15) is 27.9 Å². The minimum absolute atomic E-state index is 0.0518. The van der Waals surface area contributed by atoms with E-state index in [1.807, 2.05) is 45.3 Å². The third-order valence-corrected chi connectivity index (χ3v) is 4.90. The van der Waals surface area contributed by atoms with Gasteiger partial charge in [-0.3, -0.25) is 0 Å². The summed E-state index contributed by atoms with van der Waals surface area (Å²) >= 11 is 0. The molecule has 0 saturated heterocycles. The van der Waals surface area contributed by atoms with Crippen molar-refractivity contribution in [2.24, 2.45) is 0 Å². The van der Waals surface area contributed by atoms with Gasteiger partial charge in [-0.15, -0.1) is 0 Å². The molecule has 0 aliphatic rings. The molecular weight excluding hydrogens is 493 g/mol. The topological polar surface area (TPSA) is 119 Å². The first-order valence-electron chi connectivity index (χ1n) is 11.4. The van der Waals surface area contributed by atoms with E-state index in [2.05, 4.69) is 10.2 Å². The van der Waals surface area contributed by atoms with Gasteiger partial charge in [-0.05, 0) is 62.8 Å². The lowest BCUT2D eigenvalue weighted by Gasteiger charge is -2.18. The molecule has 2 rings (SSSR count). The van der Waals surface area contributed by atoms with Crippen molar-refractivity contribution < 1.29 is 42.8 Å². The fourth-order valence-corrected chi connectivity index (χ4v) is 2.99. The number of aliphatic hydroxyl groups is 1. The molecule has 0 bridgehead atoms. The van der Waals surface area contributed by atoms with Crippen LogP contribution in [0.1, 0.15) is 29.7 Å². The van der Waals surface area contributed by atoms with Crippen LogP contribution in [-0.2, 0) is 22.2 Å². The van der Waals surface area contributed by atoms with E-state index in [4.69, 9.17) is 14.9 Å². The number of carbonyl (C=O) groups is 2. The van der Waals surface area contributed by atoms with Crippen molar-refractivity contribution in [1.29, 1.82) is 0 Å². The Labute approximate surface area is 214 Å². The summed E-state index contributed by atoms with van der Waals surface area (Å²) < 4.78 is 44.1. The minimum Gasteiger partial charge on any atom is -0.492 e. The lowest BCUT2D eigenvalue weighted by Crippen LogP contribution is -2.32. The molecular formula is C26H33F3N2O6. The largest absolute Gasteiger partial charge is 0.492 e. The molecule has 2 aromatic carbocycles. The first kappa shape index (κ1) is 31.6. The molecule has 204 valence electrons. The van der Waals surface area contributed by atoms with Gasteiger partial charge in [0.2, 0.25) is 0 Å². The number of nitrogens with zero attached hydrogens (tertiary/aromatic N) is 1. The minimum atomic E-state index is -4.42. The molecule has 0 fully saturated rings. The summed E-state index contributed by atoms with van der Waals surface area (Å²) in [5.74, 6) is -1.70. The van der Waals surface area contributed by atoms with Crippen molar-refractivity contribution in [2.45, 2.75) is 31.7 Å². The molecule has 0 amide bonds. The van der Waals surface area contributed by atoms with Crippen molar-refractivity contribution >= 4 is 11.9 Å². The van der Waals surface area contributed by atoms with Crippen LogP contribution in [0.2, 0.25) is 0 Å². The van der Waals surface area contributed by atoms with Crippen LogP contribution < -0.4 is 10.1 Å². The van der Waals surface area contributed by atoms with Crippen LogP contribution in [-0.4, -0.2) is 72.0 Å². The Kier molecular flexibility index (Phi) is 13.4. The maximum Gasteiger partial charge on any atom is 0.416 e. The average Bonchev–Trinajstić information content (AvgIpc) is 2.82. The van der Waals surface area contributed by atoms with Crippen molar-refractivity contribution in [3.05, 3.63) is 77.4 Å². The molecule has 8 nitrogen and oxygen atoms in total. The number of benzene rings is 2. The van der Waals surface area contributed by atoms with Crippen molar-refractivity contribution in [1.82, 2.24) is 10.2 Å². The first-order valence-corrected chi connectivity index (χ1v) is 11.4. The van der Waals surface area contributed by atoms with Gasteiger partial charge >= 0.3 is 18.1 Å². The number of carboxylic acids is 2. The van der Waals surface area contributed by atoms with Crippen molar-refractivity contribution in [3.63, 3.8) is 0 Å². The number of alkyl halides is 3. The van der Waals surface area contributed by atoms with Gasteiger partial charge in [0.25, 0.3) is 0 Å². The van der Waals surface area contributed by atoms with Crippen LogP contribution in [0.3, 0.4) is 0 Å². The van der Waals surface area contributed by atoms with Crippen LogP contribution in [0, 0.1) is 0 Å². The molecule has 37 heavy (non-hydrogen) atoms. The molecule has 0 aromatic heterocycles. The molecule has 0 radical (unpaired) electrons. The van der Waals surface area contributed by atoms with Gasteiger partial charge in [0.05, 0.1) is 11.7 Å². The lowest BCUT2D eigenvalue weighted by atomic mass is 10.0. The average molecular weight is 527 g/mol. The summed E-state index contributed by atoms with van der Waals surface area (Å²) in [6.07, 6.45) is -3.58. The number of halogens is 3. The number of ether oxygens (including phenoxy) is 1. The van der Waals surface area contributed by atoms with Crippen LogP contribution in [0.25, 0.3) is 0 Å². The highest BCUT2D eigenvalue weighted by Gasteiger charge is 2.30. The molecule has 0 aliphatic carbocycles. The van der Waals surface area contributed by atoms with E-state index in [0.717, 1.165) is 36.4 Å². The fraction of sp³-hybridized carbons (Fsp3) is 0.385. The van der Waals surface area contributed by atoms with E-state index in [1.165, 1.54) is 12.1 Å². The number of carboxylic acid groups (broad SMARTS) is 2. The number of aliphatic carboxylic acids is 2. The monoisotopic (exact) mass is 526 g/mol. The second kappa shape index (κ2) is 15.6. The van der Waals surface area contributed by atoms with Gasteiger partial charge in [0, 0.05) is 31.3 Å². The number of hydrogen-bond acceptors (Lipinski definition) is 6. The molecule has 0 spiro atoms. The fourth-order valence-electron chi connectivity index (χ4n) is 2.99. The van der Waals surface area contributed by atoms with Crippen LogP contribution in [0.15, 0.2) is 60.7 Å². The zero-order chi connectivity index (χ0) is 28.0. The second-order valence-corrected chi connectivity index (χ2v) is 8.46. The van der Waals surface area contributed by atoms with Gasteiger partial charge in [-0.25, -0.2) is 9.59 Å². The summed E-state index contributed by atoms with van der Waals surface area (Å²) in [6.45, 7) is 3.61. The summed E-state index contributed by atoms with van der Waals surface area (Å²) in [6, 6.07) is 12.7. The second-order valence-electron chi connectivity index (χ2n) is 8.46. The summed E-state index contributed by atoms with van der Waals surface area (Å²) in [5.41, 5.74) is 0.604. The van der Waals surface area contributed by atoms with Crippen LogP contribution in [0.5, 0.6) is 5.75 Å². The Morgan fingerprint density at radius 1 is 1.05 bits per heavy atom. The first-order chi connectivity index (χ1) is 17.3. The smallest absolute Gasteiger partial charge is 0.416 e. The highest BCUT2D eigenvalue weighted by atomic mass is 19.4. The number of aliphatic hydroxyl groups excluding tert-OH is 1. The van der Waals surface area contributed by atoms with Crippen molar-refractivity contribution in [2.75, 3.05) is 33.8 Å². The lowest BCUT2D eigenvalue weighted by molar-refractivity contribution is -0.137. The maximum atomic E-state index is 12.8. The van der Waals surface area contributed by atoms with E-state index in [-0.39, 0.29) is 18.2 Å². The molecule has 2 aromatic rings. The Morgan fingerprint density at radius 3 is 2.16 bits per heavy atom. The number of rotatable bonds is 12. The van der Waals surface area contributed by atoms with Crippen LogP contribution in [0.4, 0.5) is 13.2 Å². The Hall–Kier alpha value is -3.41. The van der Waals surface area contributed by atoms with Gasteiger partial charge in [-0.1, -0.05) is 24.3 Å². The molecule has 0 saturated carbocycles. The standard InChI is InChI=1S/C22H29F3N2O2.C4H4O4/c1-16(13-17-7-9-20(10-8-17)29-12-11-27(2)3)26-15-21(28)18-5-4-6-19(14-18)22(23,24)25;5-3(6)1-2-4(7)8/h4-10,14,16,21,26,28H,11-13,15H2,1-3H3;1-2H,(H,5,6)(H,7,8)/b;2-1+. The van der Waals surface area contributed by atoms with Gasteiger partial charge in [0.1, 0.15) is 12.4 Å². The van der Waals surface area contributed by atoms with Gasteiger partial charge < -0.3 is 30.3 Å². The molecule has 0 heterocycles. The number of likely N-dealkylation sites (N-methyl/N-ethyl adjacent to an activating group) is 1. The van der Waals surface area contributed by atoms with Gasteiger partial charge in [-0.2, -0.15) is 13.2 Å². The Balaban J connectivity index is 0.000000738. The third-order valence-electron chi connectivity index (χ3n) is 4.90. The SMILES string of the molecule is CC(Cc1ccc(OCCN(C)C)cc1)NCC(O)c1cccc(C(F)(F)F)c1.O=C(O)/C=C/C(=O)O. The van der Waals surface area contributed by atoms with E-state index < -0.39 is 29.8 Å². The zero-order valence-electron chi connectivity index (χ0n) is 20.9. The zero-order valence-corrected chi connectivity index (χ0v) is 20.9.